The van der Waals surface area contributed by atoms with Crippen molar-refractivity contribution >= 4 is 51.8 Å². The molecule has 0 bridgehead atoms. The molecule has 1 aliphatic heterocycles. The van der Waals surface area contributed by atoms with Crippen molar-refractivity contribution in [2.45, 2.75) is 72.4 Å². The molecule has 266 valence electrons. The van der Waals surface area contributed by atoms with Crippen molar-refractivity contribution in [2.75, 3.05) is 36.4 Å². The van der Waals surface area contributed by atoms with Crippen molar-refractivity contribution in [3.63, 3.8) is 0 Å². The van der Waals surface area contributed by atoms with E-state index in [-0.39, 0.29) is 54.7 Å². The van der Waals surface area contributed by atoms with Crippen LogP contribution in [0.2, 0.25) is 0 Å². The van der Waals surface area contributed by atoms with E-state index in [4.69, 9.17) is 4.74 Å². The Labute approximate surface area is 289 Å². The van der Waals surface area contributed by atoms with E-state index in [1.165, 1.54) is 11.1 Å². The quantitative estimate of drug-likeness (QED) is 0.225. The summed E-state index contributed by atoms with van der Waals surface area (Å²) in [5, 5.41) is 12.2. The second-order valence-corrected chi connectivity index (χ2v) is 13.1. The largest absolute Gasteiger partial charge is 0.477 e. The predicted molar refractivity (Wildman–Crippen MR) is 185 cm³/mol. The first-order valence-electron chi connectivity index (χ1n) is 17.1. The van der Waals surface area contributed by atoms with Gasteiger partial charge in [0.1, 0.15) is 29.6 Å². The summed E-state index contributed by atoms with van der Waals surface area (Å²) in [5.41, 5.74) is -0.167. The van der Waals surface area contributed by atoms with Crippen LogP contribution in [0.3, 0.4) is 0 Å². The number of aromatic nitrogens is 1. The van der Waals surface area contributed by atoms with Gasteiger partial charge in [-0.3, -0.25) is 19.2 Å². The van der Waals surface area contributed by atoms with Gasteiger partial charge in [0.2, 0.25) is 11.3 Å². The fourth-order valence-corrected chi connectivity index (χ4v) is 6.65. The van der Waals surface area contributed by atoms with Gasteiger partial charge in [-0.1, -0.05) is 32.4 Å². The fraction of sp³-hybridized carbons (Fsp3) is 0.459. The molecular weight excluding hydrogens is 647 g/mol. The van der Waals surface area contributed by atoms with E-state index in [0.717, 1.165) is 12.5 Å². The predicted octanol–water partition coefficient (Wildman–Crippen LogP) is 5.39. The van der Waals surface area contributed by atoms with Gasteiger partial charge in [0, 0.05) is 68.8 Å². The number of halogens is 1. The number of amides is 2. The molecule has 2 heterocycles. The number of carboxylic acid groups (broad SMARTS) is 1. The van der Waals surface area contributed by atoms with Crippen LogP contribution >= 0.6 is 0 Å². The van der Waals surface area contributed by atoms with Crippen LogP contribution in [0.5, 0.6) is 0 Å². The summed E-state index contributed by atoms with van der Waals surface area (Å²) >= 11 is 0. The van der Waals surface area contributed by atoms with Crippen LogP contribution in [0.4, 0.5) is 20.6 Å². The molecule has 1 atom stereocenters. The molecule has 13 heteroatoms. The molecule has 2 amide bonds. The van der Waals surface area contributed by atoms with Crippen LogP contribution < -0.4 is 15.6 Å². The number of piperazine rings is 1. The number of carbonyl (C=O) groups excluding carboxylic acids is 4. The van der Waals surface area contributed by atoms with Crippen molar-refractivity contribution in [1.82, 2.24) is 9.47 Å². The number of fused-ring (bicyclic) bond motifs is 1. The molecule has 2 fully saturated rings. The number of benzene rings is 2. The molecule has 2 N–H and O–H groups in total. The van der Waals surface area contributed by atoms with Crippen molar-refractivity contribution in [3.8, 4) is 0 Å². The molecule has 12 nitrogen and oxygen atoms in total. The number of aryl methyl sites for hydroxylation is 1. The van der Waals surface area contributed by atoms with E-state index < -0.39 is 40.2 Å². The summed E-state index contributed by atoms with van der Waals surface area (Å²) in [5.74, 6) is -3.10. The van der Waals surface area contributed by atoms with Gasteiger partial charge in [-0.05, 0) is 56.0 Å². The third kappa shape index (κ3) is 7.41. The lowest BCUT2D eigenvalue weighted by molar-refractivity contribution is -0.148. The first-order chi connectivity index (χ1) is 23.9. The zero-order valence-electron chi connectivity index (χ0n) is 28.6. The molecule has 2 aliphatic rings. The maximum absolute atomic E-state index is 15.2. The standard InChI is InChI=1S/C37H43FN4O8/c1-4-7-31(43)37(12-6-13-37)32(44)18-23(3)34(46)39-25-10-8-24(9-11-25)22-50-36(49)42-16-14-41(15-17-42)30-20-29-26(19-28(30)38)33(45)27(35(47)48)21-40(29)5-2/h8-11,19-21,23H,4-7,12-18,22H2,1-3H3,(H,39,46)(H,47,48)/t23-/m1/s1. The van der Waals surface area contributed by atoms with Gasteiger partial charge in [0.15, 0.2) is 0 Å². The Bertz CT molecular complexity index is 1860. The van der Waals surface area contributed by atoms with Crippen molar-refractivity contribution < 1.29 is 38.2 Å². The lowest BCUT2D eigenvalue weighted by atomic mass is 9.61. The molecular formula is C37H43FN4O8. The second kappa shape index (κ2) is 15.2. The maximum Gasteiger partial charge on any atom is 0.410 e. The topological polar surface area (TPSA) is 155 Å². The number of rotatable bonds is 13. The first kappa shape index (κ1) is 36.2. The number of hydrogen-bond acceptors (Lipinski definition) is 8. The van der Waals surface area contributed by atoms with Crippen LogP contribution in [0.25, 0.3) is 10.9 Å². The van der Waals surface area contributed by atoms with Crippen LogP contribution in [0.15, 0.2) is 47.4 Å². The number of ketones is 2. The highest BCUT2D eigenvalue weighted by atomic mass is 19.1. The van der Waals surface area contributed by atoms with Gasteiger partial charge in [0.05, 0.1) is 16.6 Å². The summed E-state index contributed by atoms with van der Waals surface area (Å²) in [6.45, 7) is 6.94. The monoisotopic (exact) mass is 690 g/mol. The summed E-state index contributed by atoms with van der Waals surface area (Å²) in [7, 11) is 0. The van der Waals surface area contributed by atoms with Gasteiger partial charge in [-0.25, -0.2) is 14.0 Å². The third-order valence-electron chi connectivity index (χ3n) is 9.87. The van der Waals surface area contributed by atoms with E-state index >= 15 is 4.39 Å². The Morgan fingerprint density at radius 2 is 1.68 bits per heavy atom. The number of ether oxygens (including phenoxy) is 1. The average molecular weight is 691 g/mol. The zero-order chi connectivity index (χ0) is 36.2. The van der Waals surface area contributed by atoms with Crippen LogP contribution in [-0.2, 0) is 32.3 Å². The van der Waals surface area contributed by atoms with Gasteiger partial charge in [-0.15, -0.1) is 0 Å². The average Bonchev–Trinajstić information content (AvgIpc) is 3.07. The number of nitrogens with zero attached hydrogens (tertiary/aromatic N) is 3. The van der Waals surface area contributed by atoms with Crippen LogP contribution in [0, 0.1) is 17.2 Å². The van der Waals surface area contributed by atoms with Crippen molar-refractivity contribution in [1.29, 1.82) is 0 Å². The van der Waals surface area contributed by atoms with E-state index in [1.54, 1.807) is 53.6 Å². The van der Waals surface area contributed by atoms with Crippen molar-refractivity contribution in [2.24, 2.45) is 11.3 Å². The highest BCUT2D eigenvalue weighted by molar-refractivity contribution is 6.09. The Hall–Kier alpha value is -5.07. The molecule has 50 heavy (non-hydrogen) atoms. The third-order valence-corrected chi connectivity index (χ3v) is 9.87. The fourth-order valence-electron chi connectivity index (χ4n) is 6.65. The molecule has 1 aliphatic carbocycles. The summed E-state index contributed by atoms with van der Waals surface area (Å²) in [6, 6.07) is 9.44. The van der Waals surface area contributed by atoms with Gasteiger partial charge < -0.3 is 29.5 Å². The number of hydrogen-bond donors (Lipinski definition) is 2. The Balaban J connectivity index is 1.11. The first-order valence-corrected chi connectivity index (χ1v) is 17.1. The van der Waals surface area contributed by atoms with E-state index in [9.17, 15) is 33.9 Å². The van der Waals surface area contributed by atoms with Crippen LogP contribution in [0.1, 0.15) is 75.2 Å². The minimum Gasteiger partial charge on any atom is -0.477 e. The smallest absolute Gasteiger partial charge is 0.410 e. The molecule has 1 saturated heterocycles. The number of anilines is 2. The lowest BCUT2D eigenvalue weighted by Gasteiger charge is -2.39. The normalized spacial score (nSPS) is 16.0. The Morgan fingerprint density at radius 1 is 1.00 bits per heavy atom. The number of carbonyl (C=O) groups is 5. The number of aromatic carboxylic acids is 1. The number of Topliss-reactive ketones (excluding diaryl/α,β-unsaturated/α-hetero) is 2. The molecule has 3 aromatic rings. The Kier molecular flexibility index (Phi) is 11.0. The number of nitrogens with one attached hydrogen (secondary N) is 1. The molecule has 1 saturated carbocycles. The van der Waals surface area contributed by atoms with E-state index in [1.807, 2.05) is 6.92 Å². The number of pyridine rings is 1. The van der Waals surface area contributed by atoms with Crippen LogP contribution in [-0.4, -0.2) is 70.3 Å². The highest BCUT2D eigenvalue weighted by Crippen LogP contribution is 2.45. The zero-order valence-corrected chi connectivity index (χ0v) is 28.6. The molecule has 5 rings (SSSR count). The van der Waals surface area contributed by atoms with Gasteiger partial charge in [-0.2, -0.15) is 0 Å². The summed E-state index contributed by atoms with van der Waals surface area (Å²) in [6.07, 6.45) is 3.80. The SMILES string of the molecule is CCCC(=O)C1(C(=O)C[C@@H](C)C(=O)Nc2ccc(COC(=O)N3CCN(c4cc5c(cc4F)c(=O)c(C(=O)O)cn5CC)CC3)cc2)CCC1. The van der Waals surface area contributed by atoms with Crippen molar-refractivity contribution in [3.05, 3.63) is 69.8 Å². The second-order valence-electron chi connectivity index (χ2n) is 13.1. The Morgan fingerprint density at radius 3 is 2.26 bits per heavy atom. The van der Waals surface area contributed by atoms with Gasteiger partial charge in [0.25, 0.3) is 0 Å². The highest BCUT2D eigenvalue weighted by Gasteiger charge is 2.49. The summed E-state index contributed by atoms with van der Waals surface area (Å²) in [4.78, 5) is 78.8. The molecule has 1 aromatic heterocycles. The number of carboxylic acids is 1. The molecule has 0 radical (unpaired) electrons. The van der Waals surface area contributed by atoms with Gasteiger partial charge >= 0.3 is 12.1 Å². The lowest BCUT2D eigenvalue weighted by Crippen LogP contribution is -2.49. The minimum atomic E-state index is -1.37. The molecule has 0 spiro atoms. The van der Waals surface area contributed by atoms with E-state index in [0.29, 0.717) is 62.1 Å². The molecule has 0 unspecified atom stereocenters. The maximum atomic E-state index is 15.2. The minimum absolute atomic E-state index is 0.00176. The summed E-state index contributed by atoms with van der Waals surface area (Å²) < 4.78 is 22.3. The van der Waals surface area contributed by atoms with E-state index in [2.05, 4.69) is 5.32 Å². The molecule has 2 aromatic carbocycles.